The Hall–Kier alpha value is -0.830. The van der Waals surface area contributed by atoms with E-state index in [1.165, 1.54) is 11.3 Å². The van der Waals surface area contributed by atoms with Gasteiger partial charge in [0, 0.05) is 18.7 Å². The molecular formula is C9H15N3. The molecule has 0 spiro atoms. The van der Waals surface area contributed by atoms with Crippen LogP contribution in [0.5, 0.6) is 0 Å². The number of hydrogen-bond donors (Lipinski definition) is 1. The first-order valence-electron chi connectivity index (χ1n) is 4.36. The average molecular weight is 165 g/mol. The van der Waals surface area contributed by atoms with Crippen LogP contribution in [0.2, 0.25) is 0 Å². The van der Waals surface area contributed by atoms with Gasteiger partial charge in [0.2, 0.25) is 0 Å². The Morgan fingerprint density at radius 2 is 2.17 bits per heavy atom. The standard InChI is InChI=1S/C9H15N3/c1-9(2,3)12-8-6-10-4-7(8)5-11-12/h5,10H,4,6H2,1-3H3. The van der Waals surface area contributed by atoms with Gasteiger partial charge < -0.3 is 5.32 Å². The summed E-state index contributed by atoms with van der Waals surface area (Å²) in [7, 11) is 0. The van der Waals surface area contributed by atoms with Crippen molar-refractivity contribution < 1.29 is 0 Å². The van der Waals surface area contributed by atoms with E-state index in [9.17, 15) is 0 Å². The fourth-order valence-electron chi connectivity index (χ4n) is 1.64. The number of fused-ring (bicyclic) bond motifs is 1. The lowest BCUT2D eigenvalue weighted by Gasteiger charge is -2.21. The summed E-state index contributed by atoms with van der Waals surface area (Å²) in [6.45, 7) is 8.48. The summed E-state index contributed by atoms with van der Waals surface area (Å²) >= 11 is 0. The third-order valence-corrected chi connectivity index (χ3v) is 2.20. The summed E-state index contributed by atoms with van der Waals surface area (Å²) in [5, 5.41) is 7.71. The van der Waals surface area contributed by atoms with E-state index in [0.29, 0.717) is 0 Å². The van der Waals surface area contributed by atoms with Crippen LogP contribution in [-0.2, 0) is 18.6 Å². The third-order valence-electron chi connectivity index (χ3n) is 2.20. The summed E-state index contributed by atoms with van der Waals surface area (Å²) < 4.78 is 2.11. The molecule has 1 aromatic rings. The molecule has 0 amide bonds. The summed E-state index contributed by atoms with van der Waals surface area (Å²) in [5.41, 5.74) is 2.81. The molecule has 2 rings (SSSR count). The van der Waals surface area contributed by atoms with Crippen LogP contribution in [0.1, 0.15) is 32.0 Å². The van der Waals surface area contributed by atoms with Crippen LogP contribution in [0.25, 0.3) is 0 Å². The smallest absolute Gasteiger partial charge is 0.0573 e. The highest BCUT2D eigenvalue weighted by molar-refractivity contribution is 5.22. The highest BCUT2D eigenvalue weighted by Gasteiger charge is 2.22. The van der Waals surface area contributed by atoms with Gasteiger partial charge in [0.15, 0.2) is 0 Å². The second-order valence-electron chi connectivity index (χ2n) is 4.30. The molecule has 0 bridgehead atoms. The van der Waals surface area contributed by atoms with Gasteiger partial charge in [-0.3, -0.25) is 4.68 Å². The van der Waals surface area contributed by atoms with Crippen molar-refractivity contribution in [2.75, 3.05) is 0 Å². The Morgan fingerprint density at radius 3 is 2.83 bits per heavy atom. The first-order valence-corrected chi connectivity index (χ1v) is 4.36. The van der Waals surface area contributed by atoms with Gasteiger partial charge in [0.05, 0.1) is 17.4 Å². The Bertz CT molecular complexity index is 293. The first kappa shape index (κ1) is 7.80. The van der Waals surface area contributed by atoms with Crippen LogP contribution >= 0.6 is 0 Å². The minimum Gasteiger partial charge on any atom is -0.307 e. The number of hydrogen-bond acceptors (Lipinski definition) is 2. The highest BCUT2D eigenvalue weighted by atomic mass is 15.3. The highest BCUT2D eigenvalue weighted by Crippen LogP contribution is 2.21. The van der Waals surface area contributed by atoms with Crippen molar-refractivity contribution in [3.05, 3.63) is 17.5 Å². The fourth-order valence-corrected chi connectivity index (χ4v) is 1.64. The predicted octanol–water partition coefficient (Wildman–Crippen LogP) is 1.24. The van der Waals surface area contributed by atoms with Gasteiger partial charge in [0.25, 0.3) is 0 Å². The Balaban J connectivity index is 2.46. The number of nitrogens with one attached hydrogen (secondary N) is 1. The Morgan fingerprint density at radius 1 is 1.42 bits per heavy atom. The molecule has 0 saturated carbocycles. The molecule has 2 heterocycles. The molecule has 0 unspecified atom stereocenters. The van der Waals surface area contributed by atoms with E-state index in [2.05, 4.69) is 35.9 Å². The molecular weight excluding hydrogens is 150 g/mol. The zero-order valence-corrected chi connectivity index (χ0v) is 7.89. The maximum Gasteiger partial charge on any atom is 0.0573 e. The minimum atomic E-state index is 0.111. The van der Waals surface area contributed by atoms with E-state index < -0.39 is 0 Å². The van der Waals surface area contributed by atoms with Gasteiger partial charge in [-0.25, -0.2) is 0 Å². The van der Waals surface area contributed by atoms with E-state index >= 15 is 0 Å². The van der Waals surface area contributed by atoms with Crippen molar-refractivity contribution in [1.82, 2.24) is 15.1 Å². The molecule has 1 N–H and O–H groups in total. The zero-order chi connectivity index (χ0) is 8.77. The SMILES string of the molecule is CC(C)(C)n1ncc2c1CNC2. The normalized spacial score (nSPS) is 16.6. The lowest BCUT2D eigenvalue weighted by molar-refractivity contribution is 0.343. The molecule has 1 aliphatic rings. The lowest BCUT2D eigenvalue weighted by Crippen LogP contribution is -2.25. The molecule has 0 radical (unpaired) electrons. The van der Waals surface area contributed by atoms with E-state index in [4.69, 9.17) is 0 Å². The van der Waals surface area contributed by atoms with Crippen molar-refractivity contribution in [3.8, 4) is 0 Å². The van der Waals surface area contributed by atoms with Crippen molar-refractivity contribution in [2.24, 2.45) is 0 Å². The van der Waals surface area contributed by atoms with Gasteiger partial charge in [-0.05, 0) is 20.8 Å². The van der Waals surface area contributed by atoms with Crippen molar-refractivity contribution >= 4 is 0 Å². The maximum absolute atomic E-state index is 4.39. The maximum atomic E-state index is 4.39. The van der Waals surface area contributed by atoms with Crippen LogP contribution in [0.15, 0.2) is 6.20 Å². The van der Waals surface area contributed by atoms with Gasteiger partial charge in [0.1, 0.15) is 0 Å². The molecule has 0 aromatic carbocycles. The molecule has 1 aliphatic heterocycles. The minimum absolute atomic E-state index is 0.111. The van der Waals surface area contributed by atoms with Crippen LogP contribution < -0.4 is 5.32 Å². The Kier molecular flexibility index (Phi) is 1.51. The first-order chi connectivity index (χ1) is 5.59. The second-order valence-corrected chi connectivity index (χ2v) is 4.30. The topological polar surface area (TPSA) is 29.9 Å². The summed E-state index contributed by atoms with van der Waals surface area (Å²) in [6, 6.07) is 0. The summed E-state index contributed by atoms with van der Waals surface area (Å²) in [4.78, 5) is 0. The monoisotopic (exact) mass is 165 g/mol. The largest absolute Gasteiger partial charge is 0.307 e. The fraction of sp³-hybridized carbons (Fsp3) is 0.667. The molecule has 12 heavy (non-hydrogen) atoms. The van der Waals surface area contributed by atoms with E-state index in [0.717, 1.165) is 13.1 Å². The van der Waals surface area contributed by atoms with E-state index in [1.54, 1.807) is 0 Å². The molecule has 0 fully saturated rings. The van der Waals surface area contributed by atoms with Crippen molar-refractivity contribution in [2.45, 2.75) is 39.4 Å². The third kappa shape index (κ3) is 1.05. The quantitative estimate of drug-likeness (QED) is 0.627. The van der Waals surface area contributed by atoms with Gasteiger partial charge in [-0.15, -0.1) is 0 Å². The van der Waals surface area contributed by atoms with E-state index in [1.807, 2.05) is 6.20 Å². The van der Waals surface area contributed by atoms with Gasteiger partial charge in [-0.1, -0.05) is 0 Å². The molecule has 0 atom stereocenters. The van der Waals surface area contributed by atoms with E-state index in [-0.39, 0.29) is 5.54 Å². The van der Waals surface area contributed by atoms with Crippen LogP contribution in [0.3, 0.4) is 0 Å². The molecule has 0 saturated heterocycles. The summed E-state index contributed by atoms with van der Waals surface area (Å²) in [5.74, 6) is 0. The van der Waals surface area contributed by atoms with Crippen LogP contribution in [0, 0.1) is 0 Å². The van der Waals surface area contributed by atoms with Crippen LogP contribution in [-0.4, -0.2) is 9.78 Å². The average Bonchev–Trinajstić information content (AvgIpc) is 2.37. The second kappa shape index (κ2) is 2.33. The van der Waals surface area contributed by atoms with Crippen molar-refractivity contribution in [3.63, 3.8) is 0 Å². The Labute approximate surface area is 72.8 Å². The number of aromatic nitrogens is 2. The molecule has 3 heteroatoms. The van der Waals surface area contributed by atoms with Crippen LogP contribution in [0.4, 0.5) is 0 Å². The molecule has 3 nitrogen and oxygen atoms in total. The van der Waals surface area contributed by atoms with Gasteiger partial charge in [-0.2, -0.15) is 5.10 Å². The van der Waals surface area contributed by atoms with Crippen molar-refractivity contribution in [1.29, 1.82) is 0 Å². The molecule has 1 aromatic heterocycles. The predicted molar refractivity (Wildman–Crippen MR) is 47.8 cm³/mol. The molecule has 66 valence electrons. The number of rotatable bonds is 0. The lowest BCUT2D eigenvalue weighted by atomic mass is 10.1. The summed E-state index contributed by atoms with van der Waals surface area (Å²) in [6.07, 6.45) is 1.97. The molecule has 0 aliphatic carbocycles. The number of nitrogens with zero attached hydrogens (tertiary/aromatic N) is 2. The zero-order valence-electron chi connectivity index (χ0n) is 7.89. The van der Waals surface area contributed by atoms with Gasteiger partial charge >= 0.3 is 0 Å².